The number of nitrogens with one attached hydrogen (secondary N) is 1. The smallest absolute Gasteiger partial charge is 0.341 e. The van der Waals surface area contributed by atoms with Crippen molar-refractivity contribution >= 4 is 50.1 Å². The number of ether oxygens (including phenoxy) is 2. The third-order valence-electron chi connectivity index (χ3n) is 4.67. The van der Waals surface area contributed by atoms with Crippen LogP contribution in [0.1, 0.15) is 51.4 Å². The average molecular weight is 480 g/mol. The first-order valence-corrected chi connectivity index (χ1v) is 11.0. The van der Waals surface area contributed by atoms with Gasteiger partial charge in [0.1, 0.15) is 5.00 Å². The van der Waals surface area contributed by atoms with Crippen LogP contribution in [0.5, 0.6) is 0 Å². The van der Waals surface area contributed by atoms with Crippen LogP contribution >= 0.6 is 27.3 Å². The normalized spacial score (nSPS) is 15.3. The van der Waals surface area contributed by atoms with Gasteiger partial charge in [-0.05, 0) is 65.7 Å². The van der Waals surface area contributed by atoms with Crippen LogP contribution in [0.3, 0.4) is 0 Å². The second kappa shape index (κ2) is 9.54. The van der Waals surface area contributed by atoms with E-state index in [9.17, 15) is 14.4 Å². The molecular formula is C21H22BrNO5S. The number of hydrogen-bond donors (Lipinski definition) is 1. The number of fused-ring (bicyclic) bond motifs is 1. The van der Waals surface area contributed by atoms with Crippen molar-refractivity contribution in [2.45, 2.75) is 33.1 Å². The Bertz CT molecular complexity index is 939. The van der Waals surface area contributed by atoms with Crippen molar-refractivity contribution in [3.8, 4) is 0 Å². The van der Waals surface area contributed by atoms with Gasteiger partial charge < -0.3 is 14.8 Å². The van der Waals surface area contributed by atoms with Crippen molar-refractivity contribution in [1.29, 1.82) is 0 Å². The first-order valence-electron chi connectivity index (χ1n) is 9.43. The van der Waals surface area contributed by atoms with Crippen molar-refractivity contribution in [2.75, 3.05) is 18.5 Å². The van der Waals surface area contributed by atoms with Gasteiger partial charge in [-0.15, -0.1) is 11.3 Å². The van der Waals surface area contributed by atoms with E-state index in [2.05, 4.69) is 28.2 Å². The van der Waals surface area contributed by atoms with Crippen molar-refractivity contribution in [3.05, 3.63) is 50.3 Å². The number of rotatable bonds is 6. The third-order valence-corrected chi connectivity index (χ3v) is 6.53. The van der Waals surface area contributed by atoms with Gasteiger partial charge in [-0.2, -0.15) is 0 Å². The summed E-state index contributed by atoms with van der Waals surface area (Å²) in [6.07, 6.45) is 2.65. The summed E-state index contributed by atoms with van der Waals surface area (Å²) in [6, 6.07) is 6.82. The molecule has 0 bridgehead atoms. The summed E-state index contributed by atoms with van der Waals surface area (Å²) in [6.45, 7) is 3.74. The molecule has 0 saturated carbocycles. The molecule has 2 aromatic rings. The molecule has 1 aliphatic carbocycles. The summed E-state index contributed by atoms with van der Waals surface area (Å²) in [5, 5.41) is 3.20. The Kier molecular flexibility index (Phi) is 7.08. The highest BCUT2D eigenvalue weighted by Crippen LogP contribution is 2.40. The van der Waals surface area contributed by atoms with Crippen molar-refractivity contribution in [1.82, 2.24) is 0 Å². The number of carbonyl (C=O) groups excluding carboxylic acids is 3. The molecule has 29 heavy (non-hydrogen) atoms. The van der Waals surface area contributed by atoms with Crippen LogP contribution in [0.2, 0.25) is 0 Å². The van der Waals surface area contributed by atoms with Gasteiger partial charge >= 0.3 is 11.9 Å². The van der Waals surface area contributed by atoms with E-state index < -0.39 is 24.5 Å². The summed E-state index contributed by atoms with van der Waals surface area (Å²) in [5.74, 6) is -0.995. The molecule has 1 aromatic heterocycles. The van der Waals surface area contributed by atoms with Gasteiger partial charge in [-0.3, -0.25) is 4.79 Å². The Balaban J connectivity index is 1.72. The van der Waals surface area contributed by atoms with Crippen LogP contribution in [0.4, 0.5) is 5.00 Å². The largest absolute Gasteiger partial charge is 0.462 e. The van der Waals surface area contributed by atoms with E-state index >= 15 is 0 Å². The molecule has 1 atom stereocenters. The molecule has 0 saturated heterocycles. The van der Waals surface area contributed by atoms with E-state index in [4.69, 9.17) is 9.47 Å². The zero-order valence-electron chi connectivity index (χ0n) is 16.2. The first-order chi connectivity index (χ1) is 13.9. The lowest BCUT2D eigenvalue weighted by Crippen LogP contribution is -2.22. The molecule has 1 unspecified atom stereocenters. The number of anilines is 1. The fourth-order valence-electron chi connectivity index (χ4n) is 3.26. The SMILES string of the molecule is CCOC(=O)c1c(NC(=O)COC(=O)c2ccccc2Br)sc2c1CCC(C)C2. The molecule has 1 aliphatic rings. The number of thiophene rings is 1. The van der Waals surface area contributed by atoms with Gasteiger partial charge in [0.05, 0.1) is 17.7 Å². The molecule has 6 nitrogen and oxygen atoms in total. The Morgan fingerprint density at radius 3 is 2.69 bits per heavy atom. The number of amides is 1. The van der Waals surface area contributed by atoms with E-state index in [-0.39, 0.29) is 6.61 Å². The van der Waals surface area contributed by atoms with Crippen molar-refractivity contribution in [2.24, 2.45) is 5.92 Å². The Hall–Kier alpha value is -2.19. The van der Waals surface area contributed by atoms with Gasteiger partial charge in [-0.1, -0.05) is 19.1 Å². The maximum atomic E-state index is 12.5. The van der Waals surface area contributed by atoms with Crippen molar-refractivity contribution in [3.63, 3.8) is 0 Å². The zero-order chi connectivity index (χ0) is 21.0. The Labute approximate surface area is 181 Å². The molecule has 154 valence electrons. The highest BCUT2D eigenvalue weighted by atomic mass is 79.9. The zero-order valence-corrected chi connectivity index (χ0v) is 18.7. The lowest BCUT2D eigenvalue weighted by Gasteiger charge is -2.18. The molecule has 0 aliphatic heterocycles. The number of benzene rings is 1. The van der Waals surface area contributed by atoms with E-state index in [1.807, 2.05) is 0 Å². The predicted molar refractivity (Wildman–Crippen MR) is 115 cm³/mol. The maximum absolute atomic E-state index is 12.5. The van der Waals surface area contributed by atoms with Crippen LogP contribution in [0.15, 0.2) is 28.7 Å². The quantitative estimate of drug-likeness (QED) is 0.611. The fraction of sp³-hybridized carbons (Fsp3) is 0.381. The van der Waals surface area contributed by atoms with Crippen molar-refractivity contribution < 1.29 is 23.9 Å². The van der Waals surface area contributed by atoms with E-state index in [0.717, 1.165) is 29.7 Å². The minimum atomic E-state index is -0.599. The highest BCUT2D eigenvalue weighted by molar-refractivity contribution is 9.10. The van der Waals surface area contributed by atoms with E-state index in [0.29, 0.717) is 26.5 Å². The molecule has 1 N–H and O–H groups in total. The van der Waals surface area contributed by atoms with Crippen LogP contribution in [-0.2, 0) is 27.1 Å². The van der Waals surface area contributed by atoms with Crippen LogP contribution in [-0.4, -0.2) is 31.1 Å². The van der Waals surface area contributed by atoms with Crippen LogP contribution < -0.4 is 5.32 Å². The van der Waals surface area contributed by atoms with Crippen LogP contribution in [0.25, 0.3) is 0 Å². The van der Waals surface area contributed by atoms with Gasteiger partial charge in [0.2, 0.25) is 0 Å². The number of halogens is 1. The number of hydrogen-bond acceptors (Lipinski definition) is 6. The molecule has 0 spiro atoms. The lowest BCUT2D eigenvalue weighted by molar-refractivity contribution is -0.119. The Morgan fingerprint density at radius 2 is 1.97 bits per heavy atom. The van der Waals surface area contributed by atoms with Gasteiger partial charge in [0.15, 0.2) is 6.61 Å². The number of esters is 2. The van der Waals surface area contributed by atoms with E-state index in [1.165, 1.54) is 11.3 Å². The molecule has 1 heterocycles. The summed E-state index contributed by atoms with van der Waals surface area (Å²) < 4.78 is 10.9. The molecule has 3 rings (SSSR count). The standard InChI is InChI=1S/C21H22BrNO5S/c1-3-27-21(26)18-14-9-8-12(2)10-16(14)29-19(18)23-17(24)11-28-20(25)13-6-4-5-7-15(13)22/h4-7,12H,3,8-11H2,1-2H3,(H,23,24). The maximum Gasteiger partial charge on any atom is 0.341 e. The second-order valence-electron chi connectivity index (χ2n) is 6.88. The highest BCUT2D eigenvalue weighted by Gasteiger charge is 2.29. The molecular weight excluding hydrogens is 458 g/mol. The third kappa shape index (κ3) is 5.05. The molecule has 0 radical (unpaired) electrons. The monoisotopic (exact) mass is 479 g/mol. The minimum absolute atomic E-state index is 0.261. The fourth-order valence-corrected chi connectivity index (χ4v) is 5.12. The predicted octanol–water partition coefficient (Wildman–Crippen LogP) is 4.61. The lowest BCUT2D eigenvalue weighted by atomic mass is 9.88. The summed E-state index contributed by atoms with van der Waals surface area (Å²) in [5.41, 5.74) is 1.74. The summed E-state index contributed by atoms with van der Waals surface area (Å²) in [4.78, 5) is 38.2. The molecule has 1 amide bonds. The van der Waals surface area contributed by atoms with E-state index in [1.54, 1.807) is 31.2 Å². The Morgan fingerprint density at radius 1 is 1.21 bits per heavy atom. The minimum Gasteiger partial charge on any atom is -0.462 e. The van der Waals surface area contributed by atoms with Gasteiger partial charge in [-0.25, -0.2) is 9.59 Å². The van der Waals surface area contributed by atoms with Crippen LogP contribution in [0, 0.1) is 5.92 Å². The first kappa shape index (κ1) is 21.5. The van der Waals surface area contributed by atoms with Gasteiger partial charge in [0, 0.05) is 9.35 Å². The molecule has 1 aromatic carbocycles. The summed E-state index contributed by atoms with van der Waals surface area (Å²) in [7, 11) is 0. The average Bonchev–Trinajstić information content (AvgIpc) is 3.03. The number of carbonyl (C=O) groups is 3. The second-order valence-corrected chi connectivity index (χ2v) is 8.84. The summed E-state index contributed by atoms with van der Waals surface area (Å²) >= 11 is 4.68. The topological polar surface area (TPSA) is 81.7 Å². The molecule has 8 heteroatoms. The van der Waals surface area contributed by atoms with Gasteiger partial charge in [0.25, 0.3) is 5.91 Å². The molecule has 0 fully saturated rings.